The second kappa shape index (κ2) is 5.34. The lowest BCUT2D eigenvalue weighted by Gasteiger charge is -2.02. The van der Waals surface area contributed by atoms with E-state index in [1.54, 1.807) is 19.3 Å². The Balaban J connectivity index is 2.02. The van der Waals surface area contributed by atoms with Crippen LogP contribution in [0.5, 0.6) is 0 Å². The highest BCUT2D eigenvalue weighted by Gasteiger charge is 2.11. The van der Waals surface area contributed by atoms with Crippen molar-refractivity contribution in [1.82, 2.24) is 19.6 Å². The molecule has 0 bridgehead atoms. The monoisotopic (exact) mass is 263 g/mol. The summed E-state index contributed by atoms with van der Waals surface area (Å²) in [5, 5.41) is 10.5. The van der Waals surface area contributed by atoms with Gasteiger partial charge in [-0.1, -0.05) is 0 Å². The topological polar surface area (TPSA) is 91.0 Å². The van der Waals surface area contributed by atoms with Crippen LogP contribution < -0.4 is 5.32 Å². The fourth-order valence-corrected chi connectivity index (χ4v) is 1.50. The summed E-state index contributed by atoms with van der Waals surface area (Å²) in [7, 11) is 2.98. The van der Waals surface area contributed by atoms with Crippen LogP contribution in [0.3, 0.4) is 0 Å². The van der Waals surface area contributed by atoms with Crippen molar-refractivity contribution in [3.8, 4) is 0 Å². The third-order valence-corrected chi connectivity index (χ3v) is 2.46. The van der Waals surface area contributed by atoms with Crippen LogP contribution in [-0.2, 0) is 23.1 Å². The number of hydrogen-bond donors (Lipinski definition) is 1. The summed E-state index contributed by atoms with van der Waals surface area (Å²) in [4.78, 5) is 22.9. The van der Waals surface area contributed by atoms with E-state index in [-0.39, 0.29) is 12.5 Å². The number of hydrogen-bond acceptors (Lipinski definition) is 5. The summed E-state index contributed by atoms with van der Waals surface area (Å²) in [5.41, 5.74) is 0.927. The number of nitrogens with one attached hydrogen (secondary N) is 1. The van der Waals surface area contributed by atoms with Gasteiger partial charge in [0.15, 0.2) is 0 Å². The molecule has 100 valence electrons. The van der Waals surface area contributed by atoms with Crippen molar-refractivity contribution in [2.24, 2.45) is 7.05 Å². The Bertz CT molecular complexity index is 601. The Labute approximate surface area is 109 Å². The molecule has 0 radical (unpaired) electrons. The number of esters is 1. The number of rotatable bonds is 4. The highest BCUT2D eigenvalue weighted by molar-refractivity contribution is 6.02. The maximum atomic E-state index is 11.9. The van der Waals surface area contributed by atoms with Gasteiger partial charge in [-0.05, 0) is 6.07 Å². The molecule has 0 unspecified atom stereocenters. The van der Waals surface area contributed by atoms with E-state index in [9.17, 15) is 9.59 Å². The van der Waals surface area contributed by atoms with Gasteiger partial charge >= 0.3 is 5.97 Å². The lowest BCUT2D eigenvalue weighted by atomic mass is 10.4. The zero-order valence-corrected chi connectivity index (χ0v) is 10.5. The second-order valence-electron chi connectivity index (χ2n) is 3.80. The number of methoxy groups -OCH3 is 1. The van der Waals surface area contributed by atoms with Crippen LogP contribution in [0.15, 0.2) is 24.7 Å². The molecular formula is C11H13N5O3. The van der Waals surface area contributed by atoms with Crippen molar-refractivity contribution < 1.29 is 14.3 Å². The zero-order valence-electron chi connectivity index (χ0n) is 10.5. The minimum atomic E-state index is -0.410. The van der Waals surface area contributed by atoms with Crippen molar-refractivity contribution in [3.05, 3.63) is 30.4 Å². The fraction of sp³-hybridized carbons (Fsp3) is 0.273. The standard InChI is InChI=1S/C11H13N5O3/c1-15-9(3-4-12-15)11(18)14-8-5-13-16(6-8)7-10(17)19-2/h3-6H,7H2,1-2H3,(H,14,18). The summed E-state index contributed by atoms with van der Waals surface area (Å²) in [6.07, 6.45) is 4.54. The van der Waals surface area contributed by atoms with Crippen LogP contribution in [0.2, 0.25) is 0 Å². The number of nitrogens with zero attached hydrogens (tertiary/aromatic N) is 4. The molecule has 0 aliphatic carbocycles. The first-order chi connectivity index (χ1) is 9.10. The molecule has 0 atom stereocenters. The van der Waals surface area contributed by atoms with Gasteiger partial charge in [0.05, 0.1) is 19.0 Å². The van der Waals surface area contributed by atoms with Crippen LogP contribution in [0.25, 0.3) is 0 Å². The van der Waals surface area contributed by atoms with Gasteiger partial charge in [0.1, 0.15) is 12.2 Å². The lowest BCUT2D eigenvalue weighted by Crippen LogP contribution is -2.16. The van der Waals surface area contributed by atoms with E-state index in [2.05, 4.69) is 20.3 Å². The Morgan fingerprint density at radius 3 is 2.84 bits per heavy atom. The predicted molar refractivity (Wildman–Crippen MR) is 65.4 cm³/mol. The molecule has 1 N–H and O–H groups in total. The molecule has 0 spiro atoms. The average molecular weight is 263 g/mol. The maximum absolute atomic E-state index is 11.9. The Morgan fingerprint density at radius 1 is 1.42 bits per heavy atom. The first-order valence-electron chi connectivity index (χ1n) is 5.49. The number of carbonyl (C=O) groups is 2. The second-order valence-corrected chi connectivity index (χ2v) is 3.80. The molecule has 0 aliphatic rings. The largest absolute Gasteiger partial charge is 0.468 e. The summed E-state index contributed by atoms with van der Waals surface area (Å²) in [6.45, 7) is -0.00190. The van der Waals surface area contributed by atoms with Crippen molar-refractivity contribution in [2.45, 2.75) is 6.54 Å². The third-order valence-electron chi connectivity index (χ3n) is 2.46. The Hall–Kier alpha value is -2.64. The van der Waals surface area contributed by atoms with Crippen molar-refractivity contribution in [3.63, 3.8) is 0 Å². The van der Waals surface area contributed by atoms with Crippen molar-refractivity contribution in [1.29, 1.82) is 0 Å². The maximum Gasteiger partial charge on any atom is 0.327 e. The number of aromatic nitrogens is 4. The van der Waals surface area contributed by atoms with E-state index < -0.39 is 5.97 Å². The predicted octanol–water partition coefficient (Wildman–Crippen LogP) is 0.0419. The molecule has 2 heterocycles. The SMILES string of the molecule is COC(=O)Cn1cc(NC(=O)c2ccnn2C)cn1. The smallest absolute Gasteiger partial charge is 0.327 e. The molecule has 0 saturated heterocycles. The van der Waals surface area contributed by atoms with Gasteiger partial charge < -0.3 is 10.1 Å². The number of amides is 1. The highest BCUT2D eigenvalue weighted by atomic mass is 16.5. The minimum Gasteiger partial charge on any atom is -0.468 e. The average Bonchev–Trinajstić information content (AvgIpc) is 2.98. The molecule has 0 aromatic carbocycles. The summed E-state index contributed by atoms with van der Waals surface area (Å²) in [6, 6.07) is 1.61. The number of aryl methyl sites for hydroxylation is 1. The summed E-state index contributed by atoms with van der Waals surface area (Å²) < 4.78 is 7.37. The van der Waals surface area contributed by atoms with Gasteiger partial charge in [0.2, 0.25) is 0 Å². The van der Waals surface area contributed by atoms with Crippen LogP contribution >= 0.6 is 0 Å². The molecule has 1 amide bonds. The quantitative estimate of drug-likeness (QED) is 0.786. The molecule has 19 heavy (non-hydrogen) atoms. The first-order valence-corrected chi connectivity index (χ1v) is 5.49. The summed E-state index contributed by atoms with van der Waals surface area (Å²) >= 11 is 0. The molecular weight excluding hydrogens is 250 g/mol. The molecule has 0 aliphatic heterocycles. The highest BCUT2D eigenvalue weighted by Crippen LogP contribution is 2.07. The van der Waals surface area contributed by atoms with Crippen LogP contribution in [0.1, 0.15) is 10.5 Å². The fourth-order valence-electron chi connectivity index (χ4n) is 1.50. The summed E-state index contributed by atoms with van der Waals surface area (Å²) in [5.74, 6) is -0.703. The van der Waals surface area contributed by atoms with Gasteiger partial charge in [-0.3, -0.25) is 19.0 Å². The number of carbonyl (C=O) groups excluding carboxylic acids is 2. The molecule has 8 heteroatoms. The van der Waals surface area contributed by atoms with Gasteiger partial charge in [-0.15, -0.1) is 0 Å². The molecule has 2 aromatic rings. The van der Waals surface area contributed by atoms with E-state index in [4.69, 9.17) is 0 Å². The third kappa shape index (κ3) is 2.97. The van der Waals surface area contributed by atoms with Gasteiger partial charge in [0.25, 0.3) is 5.91 Å². The zero-order chi connectivity index (χ0) is 13.8. The van der Waals surface area contributed by atoms with E-state index in [0.717, 1.165) is 0 Å². The molecule has 8 nitrogen and oxygen atoms in total. The molecule has 0 fully saturated rings. The Kier molecular flexibility index (Phi) is 3.60. The van der Waals surface area contributed by atoms with E-state index in [1.165, 1.54) is 28.9 Å². The molecule has 2 rings (SSSR count). The number of ether oxygens (including phenoxy) is 1. The van der Waals surface area contributed by atoms with E-state index >= 15 is 0 Å². The van der Waals surface area contributed by atoms with Gasteiger partial charge in [0, 0.05) is 19.4 Å². The van der Waals surface area contributed by atoms with Gasteiger partial charge in [-0.2, -0.15) is 10.2 Å². The van der Waals surface area contributed by atoms with E-state index in [0.29, 0.717) is 11.4 Å². The van der Waals surface area contributed by atoms with Crippen molar-refractivity contribution >= 4 is 17.6 Å². The molecule has 0 saturated carbocycles. The number of anilines is 1. The van der Waals surface area contributed by atoms with Crippen LogP contribution in [0.4, 0.5) is 5.69 Å². The Morgan fingerprint density at radius 2 is 2.21 bits per heavy atom. The first kappa shape index (κ1) is 12.8. The lowest BCUT2D eigenvalue weighted by molar-refractivity contribution is -0.141. The van der Waals surface area contributed by atoms with E-state index in [1.807, 2.05) is 0 Å². The van der Waals surface area contributed by atoms with Crippen molar-refractivity contribution in [2.75, 3.05) is 12.4 Å². The van der Waals surface area contributed by atoms with Gasteiger partial charge in [-0.25, -0.2) is 0 Å². The minimum absolute atomic E-state index is 0.00190. The normalized spacial score (nSPS) is 10.2. The van der Waals surface area contributed by atoms with Crippen LogP contribution in [0, 0.1) is 0 Å². The molecule has 2 aromatic heterocycles. The van der Waals surface area contributed by atoms with Crippen LogP contribution in [-0.4, -0.2) is 38.5 Å².